The fourth-order valence-electron chi connectivity index (χ4n) is 2.68. The predicted octanol–water partition coefficient (Wildman–Crippen LogP) is 1.16. The van der Waals surface area contributed by atoms with Crippen LogP contribution in [0.1, 0.15) is 52.4 Å². The first kappa shape index (κ1) is 13.8. The summed E-state index contributed by atoms with van der Waals surface area (Å²) in [6, 6.07) is 1.39. The molecule has 2 fully saturated rings. The van der Waals surface area contributed by atoms with Gasteiger partial charge in [0.15, 0.2) is 0 Å². The second-order valence-electron chi connectivity index (χ2n) is 5.95. The van der Waals surface area contributed by atoms with Crippen LogP contribution in [0.5, 0.6) is 0 Å². The molecule has 0 radical (unpaired) electrons. The van der Waals surface area contributed by atoms with Crippen LogP contribution in [0, 0.1) is 0 Å². The number of piperidine rings is 1. The molecule has 3 N–H and O–H groups in total. The Morgan fingerprint density at radius 3 is 2.67 bits per heavy atom. The van der Waals surface area contributed by atoms with Crippen molar-refractivity contribution in [3.8, 4) is 0 Å². The molecule has 4 nitrogen and oxygen atoms in total. The summed E-state index contributed by atoms with van der Waals surface area (Å²) in [6.45, 7) is 5.29. The molecule has 3 unspecified atom stereocenters. The number of hydrogen-bond donors (Lipinski definition) is 3. The van der Waals surface area contributed by atoms with Crippen molar-refractivity contribution in [3.63, 3.8) is 0 Å². The Balaban J connectivity index is 1.65. The third kappa shape index (κ3) is 4.58. The molecule has 0 spiro atoms. The zero-order valence-corrected chi connectivity index (χ0v) is 11.7. The minimum atomic E-state index is -0.0795. The Kier molecular flexibility index (Phi) is 5.01. The van der Waals surface area contributed by atoms with Crippen molar-refractivity contribution < 1.29 is 4.79 Å². The van der Waals surface area contributed by atoms with E-state index in [4.69, 9.17) is 0 Å². The second kappa shape index (κ2) is 6.53. The maximum absolute atomic E-state index is 11.8. The second-order valence-corrected chi connectivity index (χ2v) is 5.95. The highest BCUT2D eigenvalue weighted by molar-refractivity contribution is 5.81. The van der Waals surface area contributed by atoms with Crippen LogP contribution in [0.3, 0.4) is 0 Å². The Morgan fingerprint density at radius 1 is 1.28 bits per heavy atom. The lowest BCUT2D eigenvalue weighted by Gasteiger charge is -2.28. The summed E-state index contributed by atoms with van der Waals surface area (Å²) in [7, 11) is 0. The number of amides is 1. The molecule has 0 bridgehead atoms. The van der Waals surface area contributed by atoms with Gasteiger partial charge in [-0.15, -0.1) is 0 Å². The number of carbonyl (C=O) groups excluding carboxylic acids is 1. The van der Waals surface area contributed by atoms with Crippen LogP contribution < -0.4 is 16.0 Å². The topological polar surface area (TPSA) is 53.2 Å². The van der Waals surface area contributed by atoms with E-state index in [0.29, 0.717) is 18.1 Å². The van der Waals surface area contributed by atoms with Gasteiger partial charge in [0.2, 0.25) is 5.91 Å². The first-order chi connectivity index (χ1) is 8.65. The molecule has 104 valence electrons. The quantitative estimate of drug-likeness (QED) is 0.666. The van der Waals surface area contributed by atoms with E-state index in [1.54, 1.807) is 0 Å². The summed E-state index contributed by atoms with van der Waals surface area (Å²) in [6.07, 6.45) is 7.33. The normalized spacial score (nSPS) is 27.6. The van der Waals surface area contributed by atoms with Crippen molar-refractivity contribution in [2.75, 3.05) is 6.54 Å². The molecule has 18 heavy (non-hydrogen) atoms. The Labute approximate surface area is 110 Å². The van der Waals surface area contributed by atoms with Crippen molar-refractivity contribution in [3.05, 3.63) is 0 Å². The van der Waals surface area contributed by atoms with Crippen LogP contribution >= 0.6 is 0 Å². The molecule has 0 aromatic heterocycles. The van der Waals surface area contributed by atoms with Crippen LogP contribution in [0.2, 0.25) is 0 Å². The fraction of sp³-hybridized carbons (Fsp3) is 0.929. The number of rotatable bonds is 6. The molecule has 4 heteroatoms. The van der Waals surface area contributed by atoms with Gasteiger partial charge in [-0.2, -0.15) is 0 Å². The van der Waals surface area contributed by atoms with E-state index in [2.05, 4.69) is 22.9 Å². The molecule has 0 aromatic carbocycles. The highest BCUT2D eigenvalue weighted by Crippen LogP contribution is 2.18. The van der Waals surface area contributed by atoms with Crippen LogP contribution in [0.25, 0.3) is 0 Å². The molecular weight excluding hydrogens is 226 g/mol. The average molecular weight is 253 g/mol. The van der Waals surface area contributed by atoms with Crippen LogP contribution in [-0.4, -0.2) is 36.6 Å². The lowest BCUT2D eigenvalue weighted by atomic mass is 9.98. The Morgan fingerprint density at radius 2 is 2.06 bits per heavy atom. The molecule has 2 rings (SSSR count). The lowest BCUT2D eigenvalue weighted by molar-refractivity contribution is -0.123. The van der Waals surface area contributed by atoms with Crippen LogP contribution in [0.15, 0.2) is 0 Å². The molecule has 1 aliphatic heterocycles. The molecule has 1 heterocycles. The standard InChI is InChI=1S/C14H27N3O/c1-10(9-13-5-3-4-8-15-13)16-11(2)14(18)17-12-6-7-12/h10-13,15-16H,3-9H2,1-2H3,(H,17,18). The molecule has 0 aromatic rings. The molecule has 1 saturated carbocycles. The molecule has 1 saturated heterocycles. The summed E-state index contributed by atoms with van der Waals surface area (Å²) in [5.74, 6) is 0.154. The van der Waals surface area contributed by atoms with Gasteiger partial charge in [-0.1, -0.05) is 6.42 Å². The van der Waals surface area contributed by atoms with E-state index in [1.807, 2.05) is 6.92 Å². The third-order valence-corrected chi connectivity index (χ3v) is 3.90. The molecule has 1 amide bonds. The minimum absolute atomic E-state index is 0.0795. The van der Waals surface area contributed by atoms with E-state index in [1.165, 1.54) is 19.3 Å². The van der Waals surface area contributed by atoms with E-state index < -0.39 is 0 Å². The zero-order valence-electron chi connectivity index (χ0n) is 11.7. The first-order valence-corrected chi connectivity index (χ1v) is 7.45. The molecule has 2 aliphatic rings. The Bertz CT molecular complexity index is 272. The first-order valence-electron chi connectivity index (χ1n) is 7.45. The lowest BCUT2D eigenvalue weighted by Crippen LogP contribution is -2.48. The van der Waals surface area contributed by atoms with Crippen molar-refractivity contribution >= 4 is 5.91 Å². The summed E-state index contributed by atoms with van der Waals surface area (Å²) in [5, 5.41) is 10.0. The van der Waals surface area contributed by atoms with Gasteiger partial charge in [-0.3, -0.25) is 4.79 Å². The van der Waals surface area contributed by atoms with Gasteiger partial charge in [-0.05, 0) is 52.5 Å². The molecule has 3 atom stereocenters. The number of hydrogen-bond acceptors (Lipinski definition) is 3. The van der Waals surface area contributed by atoms with E-state index in [-0.39, 0.29) is 11.9 Å². The van der Waals surface area contributed by atoms with Crippen molar-refractivity contribution in [2.24, 2.45) is 0 Å². The largest absolute Gasteiger partial charge is 0.352 e. The van der Waals surface area contributed by atoms with E-state index in [0.717, 1.165) is 25.8 Å². The summed E-state index contributed by atoms with van der Waals surface area (Å²) in [5.41, 5.74) is 0. The summed E-state index contributed by atoms with van der Waals surface area (Å²) in [4.78, 5) is 11.8. The molecular formula is C14H27N3O. The third-order valence-electron chi connectivity index (χ3n) is 3.90. The van der Waals surface area contributed by atoms with Crippen molar-refractivity contribution in [1.29, 1.82) is 0 Å². The highest BCUT2D eigenvalue weighted by atomic mass is 16.2. The number of carbonyl (C=O) groups is 1. The van der Waals surface area contributed by atoms with E-state index >= 15 is 0 Å². The van der Waals surface area contributed by atoms with Gasteiger partial charge in [0.05, 0.1) is 6.04 Å². The monoisotopic (exact) mass is 253 g/mol. The van der Waals surface area contributed by atoms with Crippen molar-refractivity contribution in [2.45, 2.75) is 76.5 Å². The zero-order chi connectivity index (χ0) is 13.0. The summed E-state index contributed by atoms with van der Waals surface area (Å²) < 4.78 is 0. The SMILES string of the molecule is CC(CC1CCCCN1)NC(C)C(=O)NC1CC1. The maximum Gasteiger partial charge on any atom is 0.237 e. The van der Waals surface area contributed by atoms with Gasteiger partial charge in [-0.25, -0.2) is 0 Å². The maximum atomic E-state index is 11.8. The van der Waals surface area contributed by atoms with Crippen LogP contribution in [0.4, 0.5) is 0 Å². The predicted molar refractivity (Wildman–Crippen MR) is 73.5 cm³/mol. The number of nitrogens with one attached hydrogen (secondary N) is 3. The van der Waals surface area contributed by atoms with Gasteiger partial charge in [0.25, 0.3) is 0 Å². The highest BCUT2D eigenvalue weighted by Gasteiger charge is 2.26. The Hall–Kier alpha value is -0.610. The van der Waals surface area contributed by atoms with Crippen molar-refractivity contribution in [1.82, 2.24) is 16.0 Å². The van der Waals surface area contributed by atoms with Crippen LogP contribution in [-0.2, 0) is 4.79 Å². The van der Waals surface area contributed by atoms with Gasteiger partial charge < -0.3 is 16.0 Å². The van der Waals surface area contributed by atoms with E-state index in [9.17, 15) is 4.79 Å². The van der Waals surface area contributed by atoms with Gasteiger partial charge in [0, 0.05) is 18.1 Å². The smallest absolute Gasteiger partial charge is 0.237 e. The minimum Gasteiger partial charge on any atom is -0.352 e. The average Bonchev–Trinajstić information content (AvgIpc) is 3.14. The van der Waals surface area contributed by atoms with Gasteiger partial charge >= 0.3 is 0 Å². The summed E-state index contributed by atoms with van der Waals surface area (Å²) >= 11 is 0. The fourth-order valence-corrected chi connectivity index (χ4v) is 2.68. The van der Waals surface area contributed by atoms with Gasteiger partial charge in [0.1, 0.15) is 0 Å². The molecule has 1 aliphatic carbocycles.